The highest BCUT2D eigenvalue weighted by molar-refractivity contribution is 7.89. The predicted octanol–water partition coefficient (Wildman–Crippen LogP) is 0.223. The molecule has 1 aromatic carbocycles. The third-order valence-electron chi connectivity index (χ3n) is 2.80. The van der Waals surface area contributed by atoms with E-state index in [1.807, 2.05) is 0 Å². The van der Waals surface area contributed by atoms with Gasteiger partial charge in [0.15, 0.2) is 0 Å². The minimum Gasteiger partial charge on any atom is -0.352 e. The van der Waals surface area contributed by atoms with Crippen molar-refractivity contribution in [2.24, 2.45) is 0 Å². The van der Waals surface area contributed by atoms with E-state index in [1.54, 1.807) is 18.2 Å². The van der Waals surface area contributed by atoms with Gasteiger partial charge in [0, 0.05) is 26.2 Å². The van der Waals surface area contributed by atoms with Crippen molar-refractivity contribution in [1.29, 1.82) is 0 Å². The van der Waals surface area contributed by atoms with Crippen LogP contribution in [0.2, 0.25) is 0 Å². The fourth-order valence-corrected chi connectivity index (χ4v) is 3.04. The van der Waals surface area contributed by atoms with Crippen molar-refractivity contribution in [3.05, 3.63) is 29.3 Å². The standard InChI is InChI=1S/C11H14N2O3S/c1-13(2)17(15,16)10-5-3-4-9-8(10)6-7-12-11(9)14/h3-5H,6-7H2,1-2H3,(H,12,14). The molecule has 6 heteroatoms. The number of hydrogen-bond donors (Lipinski definition) is 1. The molecule has 0 aromatic heterocycles. The van der Waals surface area contributed by atoms with Crippen molar-refractivity contribution >= 4 is 15.9 Å². The Hall–Kier alpha value is -1.40. The Morgan fingerprint density at radius 3 is 2.65 bits per heavy atom. The highest BCUT2D eigenvalue weighted by Crippen LogP contribution is 2.24. The van der Waals surface area contributed by atoms with Crippen molar-refractivity contribution < 1.29 is 13.2 Å². The van der Waals surface area contributed by atoms with Crippen LogP contribution in [0, 0.1) is 0 Å². The summed E-state index contributed by atoms with van der Waals surface area (Å²) in [5.41, 5.74) is 1.07. The molecule has 0 bridgehead atoms. The Morgan fingerprint density at radius 1 is 1.29 bits per heavy atom. The number of sulfonamides is 1. The van der Waals surface area contributed by atoms with E-state index >= 15 is 0 Å². The average molecular weight is 254 g/mol. The lowest BCUT2D eigenvalue weighted by Crippen LogP contribution is -2.34. The van der Waals surface area contributed by atoms with Gasteiger partial charge in [0.2, 0.25) is 10.0 Å². The van der Waals surface area contributed by atoms with Crippen LogP contribution in [0.1, 0.15) is 15.9 Å². The van der Waals surface area contributed by atoms with E-state index in [4.69, 9.17) is 0 Å². The molecule has 1 aliphatic rings. The summed E-state index contributed by atoms with van der Waals surface area (Å²) < 4.78 is 25.4. The van der Waals surface area contributed by atoms with Crippen molar-refractivity contribution in [2.75, 3.05) is 20.6 Å². The van der Waals surface area contributed by atoms with Gasteiger partial charge >= 0.3 is 0 Å². The van der Waals surface area contributed by atoms with Gasteiger partial charge in [0.25, 0.3) is 5.91 Å². The van der Waals surface area contributed by atoms with E-state index in [9.17, 15) is 13.2 Å². The van der Waals surface area contributed by atoms with E-state index in [2.05, 4.69) is 5.32 Å². The second-order valence-electron chi connectivity index (χ2n) is 4.08. The van der Waals surface area contributed by atoms with Gasteiger partial charge < -0.3 is 5.32 Å². The number of fused-ring (bicyclic) bond motifs is 1. The number of hydrogen-bond acceptors (Lipinski definition) is 3. The van der Waals surface area contributed by atoms with E-state index in [0.29, 0.717) is 24.1 Å². The van der Waals surface area contributed by atoms with Crippen LogP contribution in [0.3, 0.4) is 0 Å². The molecule has 0 saturated heterocycles. The average Bonchev–Trinajstić information content (AvgIpc) is 2.28. The number of rotatable bonds is 2. The largest absolute Gasteiger partial charge is 0.352 e. The first-order valence-electron chi connectivity index (χ1n) is 5.27. The van der Waals surface area contributed by atoms with Crippen molar-refractivity contribution in [3.8, 4) is 0 Å². The van der Waals surface area contributed by atoms with Crippen LogP contribution < -0.4 is 5.32 Å². The first kappa shape index (κ1) is 12.1. The zero-order chi connectivity index (χ0) is 12.6. The smallest absolute Gasteiger partial charge is 0.251 e. The summed E-state index contributed by atoms with van der Waals surface area (Å²) in [5.74, 6) is -0.206. The van der Waals surface area contributed by atoms with Gasteiger partial charge in [-0.1, -0.05) is 6.07 Å². The van der Waals surface area contributed by atoms with Crippen LogP contribution >= 0.6 is 0 Å². The van der Waals surface area contributed by atoms with Gasteiger partial charge in [0.05, 0.1) is 4.90 Å². The number of nitrogens with zero attached hydrogens (tertiary/aromatic N) is 1. The lowest BCUT2D eigenvalue weighted by atomic mass is 10.0. The number of benzene rings is 1. The quantitative estimate of drug-likeness (QED) is 0.821. The molecule has 17 heavy (non-hydrogen) atoms. The van der Waals surface area contributed by atoms with Gasteiger partial charge in [-0.2, -0.15) is 0 Å². The number of carbonyl (C=O) groups is 1. The third kappa shape index (κ3) is 1.94. The van der Waals surface area contributed by atoms with Gasteiger partial charge in [-0.05, 0) is 24.1 Å². The van der Waals surface area contributed by atoms with Gasteiger partial charge in [-0.3, -0.25) is 4.79 Å². The van der Waals surface area contributed by atoms with Gasteiger partial charge in [-0.15, -0.1) is 0 Å². The van der Waals surface area contributed by atoms with E-state index in [1.165, 1.54) is 14.1 Å². The molecule has 0 unspecified atom stereocenters. The molecule has 1 aromatic rings. The third-order valence-corrected chi connectivity index (χ3v) is 4.70. The fourth-order valence-electron chi connectivity index (χ4n) is 1.87. The normalized spacial score (nSPS) is 15.6. The summed E-state index contributed by atoms with van der Waals surface area (Å²) >= 11 is 0. The summed E-state index contributed by atoms with van der Waals surface area (Å²) in [6, 6.07) is 4.80. The molecule has 0 radical (unpaired) electrons. The Balaban J connectivity index is 2.65. The number of amides is 1. The maximum atomic E-state index is 12.1. The summed E-state index contributed by atoms with van der Waals surface area (Å²) in [6.45, 7) is 0.478. The molecule has 1 aliphatic heterocycles. The second kappa shape index (κ2) is 4.12. The summed E-state index contributed by atoms with van der Waals surface area (Å²) in [4.78, 5) is 11.8. The van der Waals surface area contributed by atoms with E-state index in [-0.39, 0.29) is 10.8 Å². The highest BCUT2D eigenvalue weighted by Gasteiger charge is 2.26. The molecule has 1 amide bonds. The molecule has 0 saturated carbocycles. The first-order valence-corrected chi connectivity index (χ1v) is 6.71. The second-order valence-corrected chi connectivity index (χ2v) is 6.20. The lowest BCUT2D eigenvalue weighted by Gasteiger charge is -2.21. The monoisotopic (exact) mass is 254 g/mol. The first-order chi connectivity index (χ1) is 7.94. The minimum atomic E-state index is -3.49. The van der Waals surface area contributed by atoms with E-state index in [0.717, 1.165) is 4.31 Å². The lowest BCUT2D eigenvalue weighted by molar-refractivity contribution is 0.0945. The summed E-state index contributed by atoms with van der Waals surface area (Å²) in [6.07, 6.45) is 0.546. The molecule has 0 atom stereocenters. The fraction of sp³-hybridized carbons (Fsp3) is 0.364. The molecular formula is C11H14N2O3S. The molecule has 0 spiro atoms. The maximum Gasteiger partial charge on any atom is 0.251 e. The van der Waals surface area contributed by atoms with Crippen LogP contribution in [0.25, 0.3) is 0 Å². The Morgan fingerprint density at radius 2 is 2.00 bits per heavy atom. The topological polar surface area (TPSA) is 66.5 Å². The molecule has 0 fully saturated rings. The Labute approximate surface area is 100 Å². The molecule has 1 heterocycles. The molecular weight excluding hydrogens is 240 g/mol. The van der Waals surface area contributed by atoms with Crippen molar-refractivity contribution in [2.45, 2.75) is 11.3 Å². The minimum absolute atomic E-state index is 0.206. The summed E-state index contributed by atoms with van der Waals surface area (Å²) in [7, 11) is -0.521. The van der Waals surface area contributed by atoms with Gasteiger partial charge in [-0.25, -0.2) is 12.7 Å². The Bertz CT molecular complexity index is 564. The SMILES string of the molecule is CN(C)S(=O)(=O)c1cccc2c1CCNC2=O. The molecule has 0 aliphatic carbocycles. The molecule has 2 rings (SSSR count). The van der Waals surface area contributed by atoms with Crippen LogP contribution in [0.4, 0.5) is 0 Å². The van der Waals surface area contributed by atoms with Crippen LogP contribution in [-0.2, 0) is 16.4 Å². The van der Waals surface area contributed by atoms with E-state index < -0.39 is 10.0 Å². The molecule has 5 nitrogen and oxygen atoms in total. The summed E-state index contributed by atoms with van der Waals surface area (Å²) in [5, 5.41) is 2.70. The maximum absolute atomic E-state index is 12.1. The van der Waals surface area contributed by atoms with Gasteiger partial charge in [0.1, 0.15) is 0 Å². The van der Waals surface area contributed by atoms with Crippen molar-refractivity contribution in [1.82, 2.24) is 9.62 Å². The van der Waals surface area contributed by atoms with Crippen LogP contribution in [0.15, 0.2) is 23.1 Å². The molecule has 92 valence electrons. The Kier molecular flexibility index (Phi) is 2.92. The zero-order valence-corrected chi connectivity index (χ0v) is 10.5. The number of nitrogens with one attached hydrogen (secondary N) is 1. The number of carbonyl (C=O) groups excluding carboxylic acids is 1. The van der Waals surface area contributed by atoms with Crippen molar-refractivity contribution in [3.63, 3.8) is 0 Å². The highest BCUT2D eigenvalue weighted by atomic mass is 32.2. The zero-order valence-electron chi connectivity index (χ0n) is 9.73. The molecule has 1 N–H and O–H groups in total. The predicted molar refractivity (Wildman–Crippen MR) is 63.4 cm³/mol. The van der Waals surface area contributed by atoms with Crippen LogP contribution in [0.5, 0.6) is 0 Å². The van der Waals surface area contributed by atoms with Crippen LogP contribution in [-0.4, -0.2) is 39.3 Å².